The maximum atomic E-state index is 13.2. The van der Waals surface area contributed by atoms with Crippen LogP contribution >= 0.6 is 11.6 Å². The van der Waals surface area contributed by atoms with Gasteiger partial charge >= 0.3 is 6.61 Å². The SMILES string of the molecule is CC[C@@H](C)Nc1cc(OC(F)F)c(-c2c(Cl)c(C(=O)NCC3CCC(C)CC3)nn2CC)cn1. The Balaban J connectivity index is 1.88. The maximum Gasteiger partial charge on any atom is 0.387 e. The molecule has 0 aliphatic heterocycles. The average Bonchev–Trinajstić information content (AvgIpc) is 3.14. The van der Waals surface area contributed by atoms with Crippen molar-refractivity contribution < 1.29 is 18.3 Å². The number of hydrogen-bond donors (Lipinski definition) is 2. The molecule has 7 nitrogen and oxygen atoms in total. The fourth-order valence-corrected chi connectivity index (χ4v) is 4.49. The Hall–Kier alpha value is -2.42. The van der Waals surface area contributed by atoms with E-state index in [0.717, 1.165) is 38.0 Å². The first-order valence-electron chi connectivity index (χ1n) is 12.0. The van der Waals surface area contributed by atoms with E-state index >= 15 is 0 Å². The number of ether oxygens (including phenoxy) is 1. The van der Waals surface area contributed by atoms with Crippen LogP contribution in [0.3, 0.4) is 0 Å². The first-order valence-corrected chi connectivity index (χ1v) is 12.4. The van der Waals surface area contributed by atoms with Gasteiger partial charge in [-0.15, -0.1) is 0 Å². The largest absolute Gasteiger partial charge is 0.434 e. The third kappa shape index (κ3) is 6.37. The molecule has 10 heteroatoms. The number of amides is 1. The van der Waals surface area contributed by atoms with Crippen molar-refractivity contribution >= 4 is 23.3 Å². The van der Waals surface area contributed by atoms with Gasteiger partial charge in [-0.3, -0.25) is 9.48 Å². The first-order chi connectivity index (χ1) is 16.2. The van der Waals surface area contributed by atoms with E-state index < -0.39 is 6.61 Å². The maximum absolute atomic E-state index is 13.2. The van der Waals surface area contributed by atoms with E-state index in [-0.39, 0.29) is 34.0 Å². The van der Waals surface area contributed by atoms with Gasteiger partial charge in [0.05, 0.1) is 16.3 Å². The summed E-state index contributed by atoms with van der Waals surface area (Å²) >= 11 is 6.60. The molecular formula is C24H34ClF2N5O2. The van der Waals surface area contributed by atoms with Crippen LogP contribution in [0.4, 0.5) is 14.6 Å². The second-order valence-corrected chi connectivity index (χ2v) is 9.44. The summed E-state index contributed by atoms with van der Waals surface area (Å²) in [5, 5.41) is 10.5. The summed E-state index contributed by atoms with van der Waals surface area (Å²) in [7, 11) is 0. The average molecular weight is 498 g/mol. The second-order valence-electron chi connectivity index (χ2n) is 9.06. The summed E-state index contributed by atoms with van der Waals surface area (Å²) in [5.41, 5.74) is 0.626. The number of halogens is 3. The monoisotopic (exact) mass is 497 g/mol. The van der Waals surface area contributed by atoms with Crippen LogP contribution in [-0.2, 0) is 6.54 Å². The van der Waals surface area contributed by atoms with Gasteiger partial charge in [-0.2, -0.15) is 13.9 Å². The molecule has 0 spiro atoms. The highest BCUT2D eigenvalue weighted by molar-refractivity contribution is 6.36. The van der Waals surface area contributed by atoms with Gasteiger partial charge in [0.15, 0.2) is 5.69 Å². The number of alkyl halides is 2. The second kappa shape index (κ2) is 11.8. The zero-order valence-electron chi connectivity index (χ0n) is 20.2. The summed E-state index contributed by atoms with van der Waals surface area (Å²) in [4.78, 5) is 17.3. The van der Waals surface area contributed by atoms with E-state index in [9.17, 15) is 13.6 Å². The third-order valence-corrected chi connectivity index (χ3v) is 6.80. The zero-order valence-corrected chi connectivity index (χ0v) is 21.0. The van der Waals surface area contributed by atoms with Crippen molar-refractivity contribution in [1.29, 1.82) is 0 Å². The lowest BCUT2D eigenvalue weighted by Gasteiger charge is -2.26. The zero-order chi connectivity index (χ0) is 24.8. The van der Waals surface area contributed by atoms with Crippen LogP contribution in [0.5, 0.6) is 5.75 Å². The highest BCUT2D eigenvalue weighted by Crippen LogP contribution is 2.38. The Bertz CT molecular complexity index is 977. The molecule has 1 amide bonds. The highest BCUT2D eigenvalue weighted by Gasteiger charge is 2.27. The molecule has 34 heavy (non-hydrogen) atoms. The summed E-state index contributed by atoms with van der Waals surface area (Å²) in [5.74, 6) is 1.11. The number of anilines is 1. The summed E-state index contributed by atoms with van der Waals surface area (Å²) in [6, 6.07) is 1.52. The topological polar surface area (TPSA) is 81.1 Å². The molecule has 0 radical (unpaired) electrons. The Labute approximate surface area is 204 Å². The molecule has 0 bridgehead atoms. The Morgan fingerprint density at radius 3 is 2.62 bits per heavy atom. The Kier molecular flexibility index (Phi) is 9.10. The van der Waals surface area contributed by atoms with E-state index in [0.29, 0.717) is 30.5 Å². The van der Waals surface area contributed by atoms with Crippen molar-refractivity contribution in [2.24, 2.45) is 11.8 Å². The fraction of sp³-hybridized carbons (Fsp3) is 0.625. The lowest BCUT2D eigenvalue weighted by Crippen LogP contribution is -2.31. The lowest BCUT2D eigenvalue weighted by atomic mass is 9.83. The van der Waals surface area contributed by atoms with Gasteiger partial charge in [0.1, 0.15) is 11.6 Å². The van der Waals surface area contributed by atoms with E-state index in [1.54, 1.807) is 0 Å². The van der Waals surface area contributed by atoms with Gasteiger partial charge in [0.2, 0.25) is 0 Å². The minimum atomic E-state index is -3.03. The summed E-state index contributed by atoms with van der Waals surface area (Å²) in [6.07, 6.45) is 6.75. The first kappa shape index (κ1) is 26.2. The van der Waals surface area contributed by atoms with Gasteiger partial charge in [-0.25, -0.2) is 4.98 Å². The fourth-order valence-electron chi connectivity index (χ4n) is 4.17. The summed E-state index contributed by atoms with van der Waals surface area (Å²) < 4.78 is 32.7. The van der Waals surface area contributed by atoms with Crippen molar-refractivity contribution in [2.45, 2.75) is 79.0 Å². The van der Waals surface area contributed by atoms with Gasteiger partial charge in [-0.05, 0) is 44.9 Å². The minimum Gasteiger partial charge on any atom is -0.434 e. The van der Waals surface area contributed by atoms with Gasteiger partial charge in [-0.1, -0.05) is 38.3 Å². The molecule has 1 fully saturated rings. The lowest BCUT2D eigenvalue weighted by molar-refractivity contribution is -0.0494. The molecule has 1 saturated carbocycles. The Morgan fingerprint density at radius 1 is 1.29 bits per heavy atom. The standard InChI is InChI=1S/C24H34ClF2N5O2/c1-5-15(4)30-19-11-18(34-24(26)27)17(13-28-19)22-20(25)21(31-32(22)6-2)23(33)29-12-16-9-7-14(3)8-10-16/h11,13-16,24H,5-10,12H2,1-4H3,(H,28,30)(H,29,33)/t14?,15-,16?/m1/s1. The number of carbonyl (C=O) groups is 1. The molecular weight excluding hydrogens is 464 g/mol. The molecule has 3 rings (SSSR count). The van der Waals surface area contributed by atoms with Crippen LogP contribution < -0.4 is 15.4 Å². The van der Waals surface area contributed by atoms with E-state index in [4.69, 9.17) is 16.3 Å². The number of aryl methyl sites for hydroxylation is 1. The van der Waals surface area contributed by atoms with Crippen molar-refractivity contribution in [3.05, 3.63) is 23.0 Å². The van der Waals surface area contributed by atoms with Crippen molar-refractivity contribution in [3.8, 4) is 17.0 Å². The van der Waals surface area contributed by atoms with Gasteiger partial charge < -0.3 is 15.4 Å². The minimum absolute atomic E-state index is 0.0625. The number of rotatable bonds is 10. The number of nitrogens with one attached hydrogen (secondary N) is 2. The third-order valence-electron chi connectivity index (χ3n) is 6.44. The van der Waals surface area contributed by atoms with Crippen LogP contribution in [0.25, 0.3) is 11.3 Å². The van der Waals surface area contributed by atoms with Crippen molar-refractivity contribution in [2.75, 3.05) is 11.9 Å². The smallest absolute Gasteiger partial charge is 0.387 e. The quantitative estimate of drug-likeness (QED) is 0.421. The molecule has 0 aromatic carbocycles. The van der Waals surface area contributed by atoms with Gasteiger partial charge in [0.25, 0.3) is 5.91 Å². The summed E-state index contributed by atoms with van der Waals surface area (Å²) in [6.45, 7) is 5.96. The van der Waals surface area contributed by atoms with E-state index in [2.05, 4.69) is 27.6 Å². The highest BCUT2D eigenvalue weighted by atomic mass is 35.5. The number of aromatic nitrogens is 3. The predicted molar refractivity (Wildman–Crippen MR) is 130 cm³/mol. The normalized spacial score (nSPS) is 19.2. The Morgan fingerprint density at radius 2 is 2.00 bits per heavy atom. The molecule has 1 atom stereocenters. The molecule has 188 valence electrons. The molecule has 1 aliphatic carbocycles. The number of carbonyl (C=O) groups excluding carboxylic acids is 1. The molecule has 0 unspecified atom stereocenters. The van der Waals surface area contributed by atoms with Crippen molar-refractivity contribution in [1.82, 2.24) is 20.1 Å². The molecule has 2 N–H and O–H groups in total. The van der Waals surface area contributed by atoms with Crippen LogP contribution in [0, 0.1) is 11.8 Å². The van der Waals surface area contributed by atoms with E-state index in [1.807, 2.05) is 20.8 Å². The van der Waals surface area contributed by atoms with Crippen LogP contribution in [0.15, 0.2) is 12.3 Å². The number of nitrogens with zero attached hydrogens (tertiary/aromatic N) is 3. The van der Waals surface area contributed by atoms with E-state index in [1.165, 1.54) is 16.9 Å². The van der Waals surface area contributed by atoms with Crippen LogP contribution in [0.2, 0.25) is 5.02 Å². The molecule has 2 aromatic heterocycles. The van der Waals surface area contributed by atoms with Gasteiger partial charge in [0, 0.05) is 31.4 Å². The molecule has 0 saturated heterocycles. The predicted octanol–water partition coefficient (Wildman–Crippen LogP) is 5.99. The molecule has 2 aromatic rings. The van der Waals surface area contributed by atoms with Crippen LogP contribution in [-0.4, -0.2) is 39.9 Å². The number of pyridine rings is 1. The van der Waals surface area contributed by atoms with Crippen molar-refractivity contribution in [3.63, 3.8) is 0 Å². The number of hydrogen-bond acceptors (Lipinski definition) is 5. The van der Waals surface area contributed by atoms with Crippen LogP contribution in [0.1, 0.15) is 70.3 Å². The molecule has 2 heterocycles. The molecule has 1 aliphatic rings.